The molecule has 0 radical (unpaired) electrons. The highest BCUT2D eigenvalue weighted by molar-refractivity contribution is 6.30. The van der Waals surface area contributed by atoms with Crippen molar-refractivity contribution in [3.8, 4) is 5.69 Å². The molecule has 2 amide bonds. The van der Waals surface area contributed by atoms with Crippen molar-refractivity contribution in [1.82, 2.24) is 24.4 Å². The third kappa shape index (κ3) is 3.63. The first-order chi connectivity index (χ1) is 13.5. The van der Waals surface area contributed by atoms with E-state index in [0.717, 1.165) is 11.4 Å². The lowest BCUT2D eigenvalue weighted by Gasteiger charge is -2.17. The quantitative estimate of drug-likeness (QED) is 0.714. The SMILES string of the molecule is CC(Nc1nccc(N2CCN(C)C2=O)n1)c1cn(-c2ccc(Cl)cc2)cn1. The van der Waals surface area contributed by atoms with Crippen molar-refractivity contribution in [2.45, 2.75) is 13.0 Å². The molecule has 9 heteroatoms. The Morgan fingerprint density at radius 1 is 1.14 bits per heavy atom. The maximum atomic E-state index is 12.2. The molecule has 4 rings (SSSR count). The molecule has 1 N–H and O–H groups in total. The van der Waals surface area contributed by atoms with Gasteiger partial charge in [0.2, 0.25) is 5.95 Å². The molecule has 1 aromatic carbocycles. The van der Waals surface area contributed by atoms with Gasteiger partial charge in [-0.05, 0) is 37.3 Å². The predicted octanol–water partition coefficient (Wildman–Crippen LogP) is 3.36. The Kier molecular flexibility index (Phi) is 4.87. The van der Waals surface area contributed by atoms with Crippen LogP contribution in [-0.2, 0) is 0 Å². The van der Waals surface area contributed by atoms with Crippen LogP contribution in [0.2, 0.25) is 5.02 Å². The van der Waals surface area contributed by atoms with Crippen LogP contribution in [0, 0.1) is 0 Å². The van der Waals surface area contributed by atoms with E-state index in [1.807, 2.05) is 42.0 Å². The topological polar surface area (TPSA) is 79.2 Å². The third-order valence-electron chi connectivity index (χ3n) is 4.65. The molecule has 0 saturated carbocycles. The molecule has 3 heterocycles. The van der Waals surface area contributed by atoms with E-state index >= 15 is 0 Å². The maximum absolute atomic E-state index is 12.2. The van der Waals surface area contributed by atoms with Crippen molar-refractivity contribution in [1.29, 1.82) is 0 Å². The Morgan fingerprint density at radius 2 is 1.93 bits per heavy atom. The molecule has 144 valence electrons. The summed E-state index contributed by atoms with van der Waals surface area (Å²) in [4.78, 5) is 28.7. The van der Waals surface area contributed by atoms with Crippen LogP contribution >= 0.6 is 11.6 Å². The smallest absolute Gasteiger partial charge is 0.325 e. The Balaban J connectivity index is 1.48. The van der Waals surface area contributed by atoms with Gasteiger partial charge in [0, 0.05) is 43.2 Å². The first-order valence-electron chi connectivity index (χ1n) is 8.93. The normalized spacial score (nSPS) is 15.2. The number of hydrogen-bond acceptors (Lipinski definition) is 5. The second-order valence-electron chi connectivity index (χ2n) is 6.64. The van der Waals surface area contributed by atoms with Crippen molar-refractivity contribution in [3.63, 3.8) is 0 Å². The van der Waals surface area contributed by atoms with Gasteiger partial charge in [0.1, 0.15) is 5.82 Å². The van der Waals surface area contributed by atoms with Gasteiger partial charge in [-0.3, -0.25) is 4.90 Å². The first kappa shape index (κ1) is 18.2. The van der Waals surface area contributed by atoms with Gasteiger partial charge in [0.25, 0.3) is 0 Å². The van der Waals surface area contributed by atoms with Crippen molar-refractivity contribution in [3.05, 3.63) is 59.8 Å². The summed E-state index contributed by atoms with van der Waals surface area (Å²) in [5.41, 5.74) is 1.83. The number of likely N-dealkylation sites (N-methyl/N-ethyl adjacent to an activating group) is 1. The van der Waals surface area contributed by atoms with Crippen molar-refractivity contribution >= 4 is 29.4 Å². The standard InChI is InChI=1S/C19H20ClN7O/c1-13(16-11-26(12-22-16)15-5-3-14(20)4-6-15)23-18-21-8-7-17(24-18)27-10-9-25(2)19(27)28/h3-8,11-13H,9-10H2,1-2H3,(H,21,23,24). The van der Waals surface area contributed by atoms with Crippen LogP contribution in [0.1, 0.15) is 18.7 Å². The summed E-state index contributed by atoms with van der Waals surface area (Å²) < 4.78 is 1.93. The average molecular weight is 398 g/mol. The molecule has 1 aliphatic heterocycles. The molecule has 0 bridgehead atoms. The first-order valence-corrected chi connectivity index (χ1v) is 9.31. The summed E-state index contributed by atoms with van der Waals surface area (Å²) in [7, 11) is 1.78. The Bertz CT molecular complexity index is 988. The van der Waals surface area contributed by atoms with E-state index in [1.54, 1.807) is 35.4 Å². The van der Waals surface area contributed by atoms with Crippen molar-refractivity contribution in [2.75, 3.05) is 30.4 Å². The minimum atomic E-state index is -0.110. The number of benzene rings is 1. The lowest BCUT2D eigenvalue weighted by Crippen LogP contribution is -2.30. The number of urea groups is 1. The van der Waals surface area contributed by atoms with Gasteiger partial charge in [-0.1, -0.05) is 11.6 Å². The van der Waals surface area contributed by atoms with E-state index in [1.165, 1.54) is 0 Å². The van der Waals surface area contributed by atoms with E-state index in [-0.39, 0.29) is 12.1 Å². The molecule has 0 spiro atoms. The third-order valence-corrected chi connectivity index (χ3v) is 4.90. The largest absolute Gasteiger partial charge is 0.346 e. The zero-order valence-corrected chi connectivity index (χ0v) is 16.3. The molecule has 2 aromatic heterocycles. The Morgan fingerprint density at radius 3 is 2.64 bits per heavy atom. The van der Waals surface area contributed by atoms with Gasteiger partial charge in [0.05, 0.1) is 18.1 Å². The van der Waals surface area contributed by atoms with Gasteiger partial charge in [-0.25, -0.2) is 14.8 Å². The minimum Gasteiger partial charge on any atom is -0.346 e. The number of anilines is 2. The molecule has 28 heavy (non-hydrogen) atoms. The zero-order valence-electron chi connectivity index (χ0n) is 15.6. The Hall–Kier alpha value is -3.13. The molecule has 0 aliphatic carbocycles. The number of carbonyl (C=O) groups excluding carboxylic acids is 1. The van der Waals surface area contributed by atoms with Crippen molar-refractivity contribution in [2.24, 2.45) is 0 Å². The van der Waals surface area contributed by atoms with Crippen LogP contribution in [0.4, 0.5) is 16.6 Å². The molecule has 1 unspecified atom stereocenters. The van der Waals surface area contributed by atoms with Gasteiger partial charge in [0.15, 0.2) is 0 Å². The van der Waals surface area contributed by atoms with Crippen LogP contribution in [0.15, 0.2) is 49.1 Å². The van der Waals surface area contributed by atoms with Crippen LogP contribution in [0.25, 0.3) is 5.69 Å². The Labute approximate surface area is 167 Å². The molecule has 1 saturated heterocycles. The molecular formula is C19H20ClN7O. The average Bonchev–Trinajstić information content (AvgIpc) is 3.31. The second kappa shape index (κ2) is 7.47. The second-order valence-corrected chi connectivity index (χ2v) is 7.08. The van der Waals surface area contributed by atoms with Gasteiger partial charge < -0.3 is 14.8 Å². The fourth-order valence-corrected chi connectivity index (χ4v) is 3.14. The van der Waals surface area contributed by atoms with Crippen molar-refractivity contribution < 1.29 is 4.79 Å². The van der Waals surface area contributed by atoms with E-state index in [9.17, 15) is 4.79 Å². The highest BCUT2D eigenvalue weighted by Gasteiger charge is 2.27. The number of hydrogen-bond donors (Lipinski definition) is 1. The number of nitrogens with zero attached hydrogens (tertiary/aromatic N) is 6. The number of aromatic nitrogens is 4. The lowest BCUT2D eigenvalue weighted by atomic mass is 10.2. The number of carbonyl (C=O) groups is 1. The summed E-state index contributed by atoms with van der Waals surface area (Å²) in [6, 6.07) is 9.12. The van der Waals surface area contributed by atoms with Crippen LogP contribution in [-0.4, -0.2) is 50.6 Å². The minimum absolute atomic E-state index is 0.0561. The molecule has 1 fully saturated rings. The number of amides is 2. The monoisotopic (exact) mass is 397 g/mol. The lowest BCUT2D eigenvalue weighted by molar-refractivity contribution is 0.229. The van der Waals surface area contributed by atoms with Crippen LogP contribution in [0.5, 0.6) is 0 Å². The summed E-state index contributed by atoms with van der Waals surface area (Å²) in [5.74, 6) is 1.04. The summed E-state index contributed by atoms with van der Waals surface area (Å²) in [5, 5.41) is 3.94. The van der Waals surface area contributed by atoms with Crippen LogP contribution in [0.3, 0.4) is 0 Å². The highest BCUT2D eigenvalue weighted by atomic mass is 35.5. The highest BCUT2D eigenvalue weighted by Crippen LogP contribution is 2.21. The fraction of sp³-hybridized carbons (Fsp3) is 0.263. The van der Waals surface area contributed by atoms with E-state index < -0.39 is 0 Å². The van der Waals surface area contributed by atoms with E-state index in [0.29, 0.717) is 29.9 Å². The summed E-state index contributed by atoms with van der Waals surface area (Å²) >= 11 is 5.95. The van der Waals surface area contributed by atoms with E-state index in [4.69, 9.17) is 11.6 Å². The molecule has 1 atom stereocenters. The van der Waals surface area contributed by atoms with E-state index in [2.05, 4.69) is 20.3 Å². The number of nitrogens with one attached hydrogen (secondary N) is 1. The molecule has 8 nitrogen and oxygen atoms in total. The molecule has 3 aromatic rings. The maximum Gasteiger partial charge on any atom is 0.325 e. The van der Waals surface area contributed by atoms with Gasteiger partial charge in [-0.2, -0.15) is 4.98 Å². The van der Waals surface area contributed by atoms with Crippen LogP contribution < -0.4 is 10.2 Å². The summed E-state index contributed by atoms with van der Waals surface area (Å²) in [6.07, 6.45) is 5.35. The molecular weight excluding hydrogens is 378 g/mol. The number of rotatable bonds is 5. The molecule has 1 aliphatic rings. The van der Waals surface area contributed by atoms with Gasteiger partial charge in [-0.15, -0.1) is 0 Å². The predicted molar refractivity (Wildman–Crippen MR) is 108 cm³/mol. The summed E-state index contributed by atoms with van der Waals surface area (Å²) in [6.45, 7) is 3.29. The zero-order chi connectivity index (χ0) is 19.7. The van der Waals surface area contributed by atoms with Gasteiger partial charge >= 0.3 is 6.03 Å². The number of imidazole rings is 1. The fourth-order valence-electron chi connectivity index (χ4n) is 3.01. The number of halogens is 1.